The number of aromatic nitrogens is 2. The lowest BCUT2D eigenvalue weighted by molar-refractivity contribution is -0.118. The van der Waals surface area contributed by atoms with Gasteiger partial charge < -0.3 is 15.2 Å². The minimum atomic E-state index is -0.257. The van der Waals surface area contributed by atoms with E-state index in [0.717, 1.165) is 5.56 Å². The van der Waals surface area contributed by atoms with Crippen LogP contribution in [0.3, 0.4) is 0 Å². The first-order valence-electron chi connectivity index (χ1n) is 6.91. The summed E-state index contributed by atoms with van der Waals surface area (Å²) in [6.45, 7) is 0.452. The summed E-state index contributed by atoms with van der Waals surface area (Å²) >= 11 is 0. The minimum absolute atomic E-state index is 0.0247. The molecule has 0 spiro atoms. The quantitative estimate of drug-likeness (QED) is 0.878. The second-order valence-electron chi connectivity index (χ2n) is 5.33. The van der Waals surface area contributed by atoms with E-state index in [2.05, 4.69) is 4.98 Å². The summed E-state index contributed by atoms with van der Waals surface area (Å²) in [6.07, 6.45) is 0. The summed E-state index contributed by atoms with van der Waals surface area (Å²) in [5.41, 5.74) is 7.33. The number of nitrogens with zero attached hydrogens (tertiary/aromatic N) is 4. The molecule has 114 valence electrons. The Bertz CT molecular complexity index is 738. The maximum absolute atomic E-state index is 12.6. The molecule has 0 atom stereocenters. The first kappa shape index (κ1) is 14.1. The molecule has 0 radical (unpaired) electrons. The van der Waals surface area contributed by atoms with E-state index in [1.807, 2.05) is 30.3 Å². The SMILES string of the molecule is CN1CC(=O)N(C)c2nc(N)n(Cc3ccccc3)c2C1=O. The molecule has 1 aliphatic rings. The lowest BCUT2D eigenvalue weighted by atomic mass is 10.2. The fourth-order valence-corrected chi connectivity index (χ4v) is 2.51. The monoisotopic (exact) mass is 299 g/mol. The fourth-order valence-electron chi connectivity index (χ4n) is 2.51. The number of imidazole rings is 1. The van der Waals surface area contributed by atoms with E-state index in [1.165, 1.54) is 9.80 Å². The van der Waals surface area contributed by atoms with Crippen molar-refractivity contribution in [3.05, 3.63) is 41.6 Å². The average Bonchev–Trinajstić information content (AvgIpc) is 2.80. The van der Waals surface area contributed by atoms with Crippen molar-refractivity contribution in [3.8, 4) is 0 Å². The maximum atomic E-state index is 12.6. The summed E-state index contributed by atoms with van der Waals surface area (Å²) in [6, 6.07) is 9.67. The van der Waals surface area contributed by atoms with Crippen LogP contribution in [0.25, 0.3) is 0 Å². The van der Waals surface area contributed by atoms with Gasteiger partial charge in [0.25, 0.3) is 5.91 Å². The third-order valence-corrected chi connectivity index (χ3v) is 3.78. The van der Waals surface area contributed by atoms with E-state index in [1.54, 1.807) is 18.7 Å². The number of rotatable bonds is 2. The number of nitrogen functional groups attached to an aromatic ring is 1. The normalized spacial score (nSPS) is 15.0. The largest absolute Gasteiger partial charge is 0.369 e. The van der Waals surface area contributed by atoms with Gasteiger partial charge in [0.1, 0.15) is 6.54 Å². The number of likely N-dealkylation sites (N-methyl/N-ethyl adjacent to an activating group) is 2. The Kier molecular flexibility index (Phi) is 3.32. The van der Waals surface area contributed by atoms with Crippen LogP contribution in [0.5, 0.6) is 0 Å². The Morgan fingerprint density at radius 3 is 2.55 bits per heavy atom. The molecule has 0 saturated carbocycles. The zero-order valence-electron chi connectivity index (χ0n) is 12.5. The van der Waals surface area contributed by atoms with Gasteiger partial charge in [0.05, 0.1) is 6.54 Å². The van der Waals surface area contributed by atoms with Crippen LogP contribution in [0.15, 0.2) is 30.3 Å². The van der Waals surface area contributed by atoms with Crippen molar-refractivity contribution in [3.63, 3.8) is 0 Å². The number of carbonyl (C=O) groups excluding carboxylic acids is 2. The van der Waals surface area contributed by atoms with Gasteiger partial charge in [-0.3, -0.25) is 14.5 Å². The lowest BCUT2D eigenvalue weighted by Gasteiger charge is -2.15. The van der Waals surface area contributed by atoms with Crippen molar-refractivity contribution in [2.24, 2.45) is 0 Å². The number of fused-ring (bicyclic) bond motifs is 1. The lowest BCUT2D eigenvalue weighted by Crippen LogP contribution is -2.35. The van der Waals surface area contributed by atoms with Gasteiger partial charge >= 0.3 is 0 Å². The molecule has 7 nitrogen and oxygen atoms in total. The molecule has 1 aliphatic heterocycles. The fraction of sp³-hybridized carbons (Fsp3) is 0.267. The van der Waals surface area contributed by atoms with Crippen LogP contribution in [0, 0.1) is 0 Å². The summed E-state index contributed by atoms with van der Waals surface area (Å²) in [5.74, 6) is 0.0803. The Morgan fingerprint density at radius 1 is 1.18 bits per heavy atom. The molecule has 1 aromatic heterocycles. The Balaban J connectivity index is 2.11. The Morgan fingerprint density at radius 2 is 1.86 bits per heavy atom. The van der Waals surface area contributed by atoms with E-state index in [-0.39, 0.29) is 24.3 Å². The van der Waals surface area contributed by atoms with Gasteiger partial charge in [0, 0.05) is 14.1 Å². The minimum Gasteiger partial charge on any atom is -0.369 e. The number of hydrogen-bond donors (Lipinski definition) is 1. The predicted molar refractivity (Wildman–Crippen MR) is 82.6 cm³/mol. The molecule has 0 saturated heterocycles. The summed E-state index contributed by atoms with van der Waals surface area (Å²) in [7, 11) is 3.20. The highest BCUT2D eigenvalue weighted by molar-refractivity contribution is 6.08. The van der Waals surface area contributed by atoms with Gasteiger partial charge in [-0.1, -0.05) is 30.3 Å². The molecule has 3 rings (SSSR count). The molecule has 0 unspecified atom stereocenters. The number of amides is 2. The molecule has 1 aromatic carbocycles. The van der Waals surface area contributed by atoms with Gasteiger partial charge in [-0.2, -0.15) is 4.98 Å². The number of anilines is 2. The van der Waals surface area contributed by atoms with Gasteiger partial charge in [-0.15, -0.1) is 0 Å². The molecule has 2 heterocycles. The second kappa shape index (κ2) is 5.18. The summed E-state index contributed by atoms with van der Waals surface area (Å²) < 4.78 is 1.65. The van der Waals surface area contributed by atoms with Crippen LogP contribution in [-0.2, 0) is 11.3 Å². The molecule has 0 aliphatic carbocycles. The molecule has 0 fully saturated rings. The van der Waals surface area contributed by atoms with Crippen LogP contribution < -0.4 is 10.6 Å². The third-order valence-electron chi connectivity index (χ3n) is 3.78. The smallest absolute Gasteiger partial charge is 0.274 e. The molecule has 2 amide bonds. The van der Waals surface area contributed by atoms with Crippen LogP contribution in [0.2, 0.25) is 0 Å². The van der Waals surface area contributed by atoms with E-state index in [0.29, 0.717) is 18.1 Å². The standard InChI is InChI=1S/C15H17N5O2/c1-18-9-11(21)19(2)13-12(14(18)22)20(15(16)17-13)8-10-6-4-3-5-7-10/h3-7H,8-9H2,1-2H3,(H2,16,17). The van der Waals surface area contributed by atoms with Gasteiger partial charge in [0.2, 0.25) is 11.9 Å². The number of nitrogens with two attached hydrogens (primary N) is 1. The van der Waals surface area contributed by atoms with Crippen molar-refractivity contribution < 1.29 is 9.59 Å². The molecule has 0 bridgehead atoms. The van der Waals surface area contributed by atoms with Crippen molar-refractivity contribution in [2.75, 3.05) is 31.3 Å². The highest BCUT2D eigenvalue weighted by atomic mass is 16.2. The van der Waals surface area contributed by atoms with Crippen molar-refractivity contribution in [1.29, 1.82) is 0 Å². The Hall–Kier alpha value is -2.83. The summed E-state index contributed by atoms with van der Waals surface area (Å²) in [5, 5.41) is 0. The van der Waals surface area contributed by atoms with Crippen LogP contribution >= 0.6 is 0 Å². The van der Waals surface area contributed by atoms with Crippen LogP contribution in [0.1, 0.15) is 16.1 Å². The number of hydrogen-bond acceptors (Lipinski definition) is 4. The number of carbonyl (C=O) groups is 2. The van der Waals surface area contributed by atoms with Gasteiger partial charge in [-0.25, -0.2) is 0 Å². The van der Waals surface area contributed by atoms with Crippen molar-refractivity contribution in [1.82, 2.24) is 14.5 Å². The zero-order chi connectivity index (χ0) is 15.9. The van der Waals surface area contributed by atoms with Crippen LogP contribution in [-0.4, -0.2) is 46.9 Å². The van der Waals surface area contributed by atoms with E-state index in [4.69, 9.17) is 5.73 Å². The van der Waals surface area contributed by atoms with E-state index < -0.39 is 0 Å². The second-order valence-corrected chi connectivity index (χ2v) is 5.33. The van der Waals surface area contributed by atoms with Crippen molar-refractivity contribution in [2.45, 2.75) is 6.54 Å². The van der Waals surface area contributed by atoms with E-state index >= 15 is 0 Å². The molecule has 2 N–H and O–H groups in total. The third kappa shape index (κ3) is 2.20. The zero-order valence-corrected chi connectivity index (χ0v) is 12.5. The first-order chi connectivity index (χ1) is 10.5. The molecular formula is C15H17N5O2. The first-order valence-corrected chi connectivity index (χ1v) is 6.91. The maximum Gasteiger partial charge on any atom is 0.274 e. The highest BCUT2D eigenvalue weighted by Crippen LogP contribution is 2.27. The van der Waals surface area contributed by atoms with E-state index in [9.17, 15) is 9.59 Å². The highest BCUT2D eigenvalue weighted by Gasteiger charge is 2.33. The molecule has 7 heteroatoms. The van der Waals surface area contributed by atoms with Gasteiger partial charge in [-0.05, 0) is 5.56 Å². The number of benzene rings is 1. The molecular weight excluding hydrogens is 282 g/mol. The average molecular weight is 299 g/mol. The molecule has 2 aromatic rings. The Labute approximate surface area is 127 Å². The van der Waals surface area contributed by atoms with Crippen molar-refractivity contribution >= 4 is 23.6 Å². The summed E-state index contributed by atoms with van der Waals surface area (Å²) in [4.78, 5) is 31.6. The van der Waals surface area contributed by atoms with Crippen LogP contribution in [0.4, 0.5) is 11.8 Å². The molecule has 22 heavy (non-hydrogen) atoms. The topological polar surface area (TPSA) is 84.5 Å². The predicted octanol–water partition coefficient (Wildman–Crippen LogP) is 0.562. The van der Waals surface area contributed by atoms with Gasteiger partial charge in [0.15, 0.2) is 11.5 Å².